The van der Waals surface area contributed by atoms with Gasteiger partial charge in [0.2, 0.25) is 0 Å². The maximum atomic E-state index is 9.10. The van der Waals surface area contributed by atoms with E-state index in [0.717, 1.165) is 23.4 Å². The SMILES string of the molecule is Cc1ccc(CCC(C)O)cc1Cl. The lowest BCUT2D eigenvalue weighted by Gasteiger charge is -2.05. The molecule has 0 aliphatic carbocycles. The highest BCUT2D eigenvalue weighted by Crippen LogP contribution is 2.17. The molecule has 0 saturated carbocycles. The fraction of sp³-hybridized carbons (Fsp3) is 0.455. The van der Waals surface area contributed by atoms with Gasteiger partial charge in [-0.2, -0.15) is 0 Å². The van der Waals surface area contributed by atoms with Crippen molar-refractivity contribution < 1.29 is 5.11 Å². The van der Waals surface area contributed by atoms with Crippen molar-refractivity contribution in [2.45, 2.75) is 32.8 Å². The van der Waals surface area contributed by atoms with Gasteiger partial charge in [-0.05, 0) is 43.9 Å². The van der Waals surface area contributed by atoms with Gasteiger partial charge in [0.1, 0.15) is 0 Å². The summed E-state index contributed by atoms with van der Waals surface area (Å²) >= 11 is 5.97. The van der Waals surface area contributed by atoms with Gasteiger partial charge in [-0.1, -0.05) is 23.7 Å². The normalized spacial score (nSPS) is 12.9. The molecular weight excluding hydrogens is 184 g/mol. The van der Waals surface area contributed by atoms with Crippen molar-refractivity contribution in [1.29, 1.82) is 0 Å². The molecule has 0 fully saturated rings. The topological polar surface area (TPSA) is 20.2 Å². The summed E-state index contributed by atoms with van der Waals surface area (Å²) in [4.78, 5) is 0. The van der Waals surface area contributed by atoms with Crippen LogP contribution in [-0.4, -0.2) is 11.2 Å². The maximum absolute atomic E-state index is 9.10. The van der Waals surface area contributed by atoms with Crippen LogP contribution in [0.25, 0.3) is 0 Å². The van der Waals surface area contributed by atoms with E-state index in [1.54, 1.807) is 6.92 Å². The highest BCUT2D eigenvalue weighted by atomic mass is 35.5. The zero-order valence-electron chi connectivity index (χ0n) is 8.05. The first kappa shape index (κ1) is 10.6. The molecule has 0 radical (unpaired) electrons. The van der Waals surface area contributed by atoms with Crippen LogP contribution in [0.5, 0.6) is 0 Å². The molecule has 1 unspecified atom stereocenters. The Morgan fingerprint density at radius 2 is 2.15 bits per heavy atom. The summed E-state index contributed by atoms with van der Waals surface area (Å²) in [6, 6.07) is 6.04. The standard InChI is InChI=1S/C11H15ClO/c1-8-3-5-10(7-11(8)12)6-4-9(2)13/h3,5,7,9,13H,4,6H2,1-2H3. The number of hydrogen-bond acceptors (Lipinski definition) is 1. The molecule has 0 aromatic heterocycles. The van der Waals surface area contributed by atoms with E-state index in [1.165, 1.54) is 5.56 Å². The van der Waals surface area contributed by atoms with Gasteiger partial charge < -0.3 is 5.11 Å². The molecule has 1 rings (SSSR count). The fourth-order valence-electron chi connectivity index (χ4n) is 1.17. The number of benzene rings is 1. The smallest absolute Gasteiger partial charge is 0.0515 e. The number of rotatable bonds is 3. The van der Waals surface area contributed by atoms with Crippen LogP contribution < -0.4 is 0 Å². The van der Waals surface area contributed by atoms with Crippen LogP contribution in [0.4, 0.5) is 0 Å². The summed E-state index contributed by atoms with van der Waals surface area (Å²) in [5, 5.41) is 9.91. The molecule has 1 aromatic rings. The van der Waals surface area contributed by atoms with Crippen molar-refractivity contribution in [2.24, 2.45) is 0 Å². The molecule has 0 heterocycles. The second-order valence-corrected chi connectivity index (χ2v) is 3.88. The second-order valence-electron chi connectivity index (χ2n) is 3.47. The summed E-state index contributed by atoms with van der Waals surface area (Å²) in [6.45, 7) is 3.79. The van der Waals surface area contributed by atoms with Crippen LogP contribution in [0.3, 0.4) is 0 Å². The van der Waals surface area contributed by atoms with E-state index in [2.05, 4.69) is 6.07 Å². The zero-order valence-corrected chi connectivity index (χ0v) is 8.80. The number of hydrogen-bond donors (Lipinski definition) is 1. The van der Waals surface area contributed by atoms with Crippen molar-refractivity contribution in [3.8, 4) is 0 Å². The van der Waals surface area contributed by atoms with Crippen molar-refractivity contribution in [1.82, 2.24) is 0 Å². The molecule has 13 heavy (non-hydrogen) atoms. The van der Waals surface area contributed by atoms with Crippen LogP contribution in [0, 0.1) is 6.92 Å². The van der Waals surface area contributed by atoms with E-state index in [4.69, 9.17) is 16.7 Å². The van der Waals surface area contributed by atoms with Gasteiger partial charge in [0.05, 0.1) is 6.10 Å². The average Bonchev–Trinajstić information content (AvgIpc) is 2.07. The Labute approximate surface area is 84.4 Å². The quantitative estimate of drug-likeness (QED) is 0.792. The van der Waals surface area contributed by atoms with E-state index in [0.29, 0.717) is 0 Å². The van der Waals surface area contributed by atoms with E-state index >= 15 is 0 Å². The third kappa shape index (κ3) is 3.37. The Balaban J connectivity index is 2.63. The number of aliphatic hydroxyl groups excluding tert-OH is 1. The molecule has 0 saturated heterocycles. The lowest BCUT2D eigenvalue weighted by Crippen LogP contribution is -2.01. The van der Waals surface area contributed by atoms with Crippen LogP contribution >= 0.6 is 11.6 Å². The summed E-state index contributed by atoms with van der Waals surface area (Å²) in [7, 11) is 0. The first-order valence-electron chi connectivity index (χ1n) is 4.52. The van der Waals surface area contributed by atoms with E-state index < -0.39 is 0 Å². The van der Waals surface area contributed by atoms with Crippen molar-refractivity contribution in [3.63, 3.8) is 0 Å². The molecule has 1 nitrogen and oxygen atoms in total. The van der Waals surface area contributed by atoms with Crippen LogP contribution in [0.2, 0.25) is 5.02 Å². The van der Waals surface area contributed by atoms with Gasteiger partial charge >= 0.3 is 0 Å². The lowest BCUT2D eigenvalue weighted by molar-refractivity contribution is 0.185. The van der Waals surface area contributed by atoms with Gasteiger partial charge in [0, 0.05) is 5.02 Å². The van der Waals surface area contributed by atoms with E-state index in [-0.39, 0.29) is 6.10 Å². The Bertz CT molecular complexity index is 281. The van der Waals surface area contributed by atoms with E-state index in [9.17, 15) is 0 Å². The number of aliphatic hydroxyl groups is 1. The Kier molecular flexibility index (Phi) is 3.76. The summed E-state index contributed by atoms with van der Waals surface area (Å²) in [6.07, 6.45) is 1.44. The minimum Gasteiger partial charge on any atom is -0.393 e. The summed E-state index contributed by atoms with van der Waals surface area (Å²) < 4.78 is 0. The highest BCUT2D eigenvalue weighted by Gasteiger charge is 2.00. The van der Waals surface area contributed by atoms with Crippen molar-refractivity contribution >= 4 is 11.6 Å². The molecule has 1 N–H and O–H groups in total. The van der Waals surface area contributed by atoms with Crippen molar-refractivity contribution in [3.05, 3.63) is 34.3 Å². The zero-order chi connectivity index (χ0) is 9.84. The maximum Gasteiger partial charge on any atom is 0.0515 e. The third-order valence-corrected chi connectivity index (χ3v) is 2.49. The van der Waals surface area contributed by atoms with Crippen LogP contribution in [0.1, 0.15) is 24.5 Å². The van der Waals surface area contributed by atoms with Crippen molar-refractivity contribution in [2.75, 3.05) is 0 Å². The fourth-order valence-corrected chi connectivity index (χ4v) is 1.37. The summed E-state index contributed by atoms with van der Waals surface area (Å²) in [5.74, 6) is 0. The molecule has 1 aromatic carbocycles. The molecule has 72 valence electrons. The van der Waals surface area contributed by atoms with Crippen LogP contribution in [0.15, 0.2) is 18.2 Å². The monoisotopic (exact) mass is 198 g/mol. The van der Waals surface area contributed by atoms with E-state index in [1.807, 2.05) is 19.1 Å². The Morgan fingerprint density at radius 3 is 2.69 bits per heavy atom. The predicted octanol–water partition coefficient (Wildman–Crippen LogP) is 2.96. The van der Waals surface area contributed by atoms with Gasteiger partial charge in [-0.3, -0.25) is 0 Å². The molecule has 0 amide bonds. The number of aryl methyl sites for hydroxylation is 2. The first-order chi connectivity index (χ1) is 6.09. The second kappa shape index (κ2) is 4.64. The first-order valence-corrected chi connectivity index (χ1v) is 4.90. The lowest BCUT2D eigenvalue weighted by atomic mass is 10.1. The third-order valence-electron chi connectivity index (χ3n) is 2.09. The number of halogens is 1. The van der Waals surface area contributed by atoms with Gasteiger partial charge in [0.25, 0.3) is 0 Å². The molecule has 0 spiro atoms. The minimum absolute atomic E-state index is 0.236. The molecule has 0 bridgehead atoms. The summed E-state index contributed by atoms with van der Waals surface area (Å²) in [5.41, 5.74) is 2.29. The predicted molar refractivity (Wildman–Crippen MR) is 56.2 cm³/mol. The Hall–Kier alpha value is -0.530. The molecule has 0 aliphatic rings. The minimum atomic E-state index is -0.236. The van der Waals surface area contributed by atoms with Crippen LogP contribution in [-0.2, 0) is 6.42 Å². The van der Waals surface area contributed by atoms with Gasteiger partial charge in [0.15, 0.2) is 0 Å². The molecule has 2 heteroatoms. The average molecular weight is 199 g/mol. The molecule has 1 atom stereocenters. The van der Waals surface area contributed by atoms with Gasteiger partial charge in [-0.15, -0.1) is 0 Å². The molecule has 0 aliphatic heterocycles. The molecular formula is C11H15ClO. The highest BCUT2D eigenvalue weighted by molar-refractivity contribution is 6.31. The van der Waals surface area contributed by atoms with Gasteiger partial charge in [-0.25, -0.2) is 0 Å². The largest absolute Gasteiger partial charge is 0.393 e. The Morgan fingerprint density at radius 1 is 1.46 bits per heavy atom.